The summed E-state index contributed by atoms with van der Waals surface area (Å²) in [6.45, 7) is 4.63. The highest BCUT2D eigenvalue weighted by Gasteiger charge is 2.37. The van der Waals surface area contributed by atoms with E-state index in [1.165, 1.54) is 22.3 Å². The van der Waals surface area contributed by atoms with E-state index in [4.69, 9.17) is 15.0 Å². The lowest BCUT2D eigenvalue weighted by molar-refractivity contribution is 0.661. The zero-order valence-corrected chi connectivity index (χ0v) is 27.4. The molecule has 3 nitrogen and oxygen atoms in total. The van der Waals surface area contributed by atoms with Gasteiger partial charge in [-0.2, -0.15) is 0 Å². The third-order valence-electron chi connectivity index (χ3n) is 9.88. The first-order valence-corrected chi connectivity index (χ1v) is 16.8. The maximum atomic E-state index is 5.40. The second-order valence-corrected chi connectivity index (χ2v) is 13.3. The van der Waals surface area contributed by atoms with Gasteiger partial charge in [0.15, 0.2) is 5.82 Å². The fraction of sp³-hybridized carbons (Fsp3) is 0.0652. The van der Waals surface area contributed by atoms with Gasteiger partial charge in [-0.25, -0.2) is 15.0 Å². The third kappa shape index (κ3) is 4.94. The van der Waals surface area contributed by atoms with Crippen LogP contribution in [-0.4, -0.2) is 15.0 Å². The van der Waals surface area contributed by atoms with Crippen molar-refractivity contribution in [2.45, 2.75) is 19.3 Å². The molecule has 8 aromatic rings. The summed E-state index contributed by atoms with van der Waals surface area (Å²) in [5.41, 5.74) is 15.1. The van der Waals surface area contributed by atoms with Crippen LogP contribution < -0.4 is 0 Å². The minimum atomic E-state index is -0.121. The molecule has 0 aliphatic heterocycles. The van der Waals surface area contributed by atoms with Crippen LogP contribution in [0.3, 0.4) is 0 Å². The molecule has 1 aliphatic rings. The minimum Gasteiger partial charge on any atom is -0.248 e. The molecule has 49 heavy (non-hydrogen) atoms. The largest absolute Gasteiger partial charge is 0.248 e. The Labute approximate surface area is 286 Å². The van der Waals surface area contributed by atoms with Gasteiger partial charge in [-0.1, -0.05) is 159 Å². The van der Waals surface area contributed by atoms with Crippen molar-refractivity contribution in [3.05, 3.63) is 175 Å². The lowest BCUT2D eigenvalue weighted by atomic mass is 9.82. The molecular weight excluding hydrogens is 595 g/mol. The molecule has 0 atom stereocenters. The number of hydrogen-bond acceptors (Lipinski definition) is 3. The van der Waals surface area contributed by atoms with E-state index in [1.807, 2.05) is 12.1 Å². The van der Waals surface area contributed by atoms with E-state index in [1.54, 1.807) is 0 Å². The monoisotopic (exact) mass is 627 g/mol. The number of fused-ring (bicyclic) bond motifs is 5. The van der Waals surface area contributed by atoms with Crippen LogP contribution in [0.5, 0.6) is 0 Å². The van der Waals surface area contributed by atoms with Crippen LogP contribution in [0.4, 0.5) is 0 Å². The number of rotatable bonds is 5. The summed E-state index contributed by atoms with van der Waals surface area (Å²) >= 11 is 0. The molecule has 6 aromatic carbocycles. The predicted octanol–water partition coefficient (Wildman–Crippen LogP) is 11.7. The number of nitrogens with zero attached hydrogens (tertiary/aromatic N) is 3. The molecular formula is C46H33N3. The Balaban J connectivity index is 1.26. The number of hydrogen-bond donors (Lipinski definition) is 0. The highest BCUT2D eigenvalue weighted by Crippen LogP contribution is 2.51. The van der Waals surface area contributed by atoms with Crippen LogP contribution in [0, 0.1) is 0 Å². The van der Waals surface area contributed by atoms with Crippen molar-refractivity contribution >= 4 is 10.9 Å². The molecule has 0 amide bonds. The molecule has 0 fully saturated rings. The van der Waals surface area contributed by atoms with Crippen molar-refractivity contribution in [3.8, 4) is 67.4 Å². The Hall–Kier alpha value is -6.19. The van der Waals surface area contributed by atoms with Gasteiger partial charge in [-0.3, -0.25) is 0 Å². The Bertz CT molecular complexity index is 2440. The molecule has 3 heteroatoms. The molecule has 1 aliphatic carbocycles. The van der Waals surface area contributed by atoms with E-state index in [0.29, 0.717) is 5.82 Å². The van der Waals surface area contributed by atoms with Crippen LogP contribution in [0.25, 0.3) is 78.3 Å². The minimum absolute atomic E-state index is 0.121. The van der Waals surface area contributed by atoms with Crippen LogP contribution >= 0.6 is 0 Å². The maximum Gasteiger partial charge on any atom is 0.160 e. The van der Waals surface area contributed by atoms with Crippen molar-refractivity contribution in [3.63, 3.8) is 0 Å². The Morgan fingerprint density at radius 3 is 1.73 bits per heavy atom. The van der Waals surface area contributed by atoms with E-state index in [0.717, 1.165) is 61.4 Å². The second kappa shape index (κ2) is 11.5. The quantitative estimate of drug-likeness (QED) is 0.191. The molecule has 0 bridgehead atoms. The maximum absolute atomic E-state index is 5.40. The van der Waals surface area contributed by atoms with Gasteiger partial charge in [0.1, 0.15) is 0 Å². The lowest BCUT2D eigenvalue weighted by Crippen LogP contribution is -2.14. The van der Waals surface area contributed by atoms with Crippen molar-refractivity contribution < 1.29 is 0 Å². The van der Waals surface area contributed by atoms with Gasteiger partial charge in [-0.05, 0) is 46.0 Å². The molecule has 0 radical (unpaired) electrons. The number of benzene rings is 6. The Kier molecular flexibility index (Phi) is 6.80. The molecule has 0 saturated heterocycles. The van der Waals surface area contributed by atoms with Crippen molar-refractivity contribution in [2.75, 3.05) is 0 Å². The number of pyridine rings is 1. The highest BCUT2D eigenvalue weighted by atomic mass is 14.9. The van der Waals surface area contributed by atoms with Crippen LogP contribution in [-0.2, 0) is 5.41 Å². The van der Waals surface area contributed by atoms with E-state index in [9.17, 15) is 0 Å². The summed E-state index contributed by atoms with van der Waals surface area (Å²) in [5, 5.41) is 1.06. The first kappa shape index (κ1) is 29.0. The molecule has 232 valence electrons. The molecule has 9 rings (SSSR count). The van der Waals surface area contributed by atoms with Gasteiger partial charge in [-0.15, -0.1) is 0 Å². The zero-order chi connectivity index (χ0) is 33.0. The third-order valence-corrected chi connectivity index (χ3v) is 9.88. The summed E-state index contributed by atoms with van der Waals surface area (Å²) < 4.78 is 0. The van der Waals surface area contributed by atoms with Gasteiger partial charge in [0, 0.05) is 38.6 Å². The van der Waals surface area contributed by atoms with Gasteiger partial charge >= 0.3 is 0 Å². The van der Waals surface area contributed by atoms with E-state index in [-0.39, 0.29) is 5.41 Å². The first-order valence-electron chi connectivity index (χ1n) is 16.8. The Morgan fingerprint density at radius 2 is 1.00 bits per heavy atom. The lowest BCUT2D eigenvalue weighted by Gasteiger charge is -2.21. The molecule has 2 heterocycles. The predicted molar refractivity (Wildman–Crippen MR) is 202 cm³/mol. The molecule has 0 spiro atoms. The smallest absolute Gasteiger partial charge is 0.160 e. The van der Waals surface area contributed by atoms with Crippen LogP contribution in [0.2, 0.25) is 0 Å². The summed E-state index contributed by atoms with van der Waals surface area (Å²) in [7, 11) is 0. The standard InChI is InChI=1S/C46H33N3/c1-46(2)38-24-13-12-23-36(38)42-39(46)26-25-37-43(32-19-10-5-11-20-32)48-45(49-44(37)42)34-22-14-21-33(27-34)41-29-35(30-15-6-3-7-16-30)28-40(47-41)31-17-8-4-9-18-31/h3-29H,1-2H3. The number of aromatic nitrogens is 3. The van der Waals surface area contributed by atoms with Crippen molar-refractivity contribution in [1.29, 1.82) is 0 Å². The SMILES string of the molecule is CC1(C)c2ccccc2-c2c1ccc1c(-c3ccccc3)nc(-c3cccc(-c4cc(-c5ccccc5)cc(-c5ccccc5)n4)c3)nc21. The second-order valence-electron chi connectivity index (χ2n) is 13.3. The summed E-state index contributed by atoms with van der Waals surface area (Å²) in [5.74, 6) is 0.700. The molecule has 0 unspecified atom stereocenters. The van der Waals surface area contributed by atoms with E-state index >= 15 is 0 Å². The Morgan fingerprint density at radius 1 is 0.408 bits per heavy atom. The van der Waals surface area contributed by atoms with Gasteiger partial charge in [0.05, 0.1) is 22.6 Å². The van der Waals surface area contributed by atoms with Crippen LogP contribution in [0.15, 0.2) is 164 Å². The fourth-order valence-corrected chi connectivity index (χ4v) is 7.38. The summed E-state index contributed by atoms with van der Waals surface area (Å²) in [6, 6.07) is 57.5. The average Bonchev–Trinajstić information content (AvgIpc) is 3.41. The zero-order valence-electron chi connectivity index (χ0n) is 27.4. The molecule has 0 N–H and O–H groups in total. The molecule has 2 aromatic heterocycles. The van der Waals surface area contributed by atoms with Crippen molar-refractivity contribution in [1.82, 2.24) is 15.0 Å². The summed E-state index contributed by atoms with van der Waals surface area (Å²) in [4.78, 5) is 15.9. The van der Waals surface area contributed by atoms with E-state index < -0.39 is 0 Å². The van der Waals surface area contributed by atoms with Gasteiger partial charge < -0.3 is 0 Å². The highest BCUT2D eigenvalue weighted by molar-refractivity contribution is 6.05. The topological polar surface area (TPSA) is 38.7 Å². The van der Waals surface area contributed by atoms with Crippen molar-refractivity contribution in [2.24, 2.45) is 0 Å². The molecule has 0 saturated carbocycles. The van der Waals surface area contributed by atoms with E-state index in [2.05, 4.69) is 166 Å². The summed E-state index contributed by atoms with van der Waals surface area (Å²) in [6.07, 6.45) is 0. The normalized spacial score (nSPS) is 12.9. The van der Waals surface area contributed by atoms with Gasteiger partial charge in [0.2, 0.25) is 0 Å². The van der Waals surface area contributed by atoms with Crippen LogP contribution in [0.1, 0.15) is 25.0 Å². The van der Waals surface area contributed by atoms with Gasteiger partial charge in [0.25, 0.3) is 0 Å². The fourth-order valence-electron chi connectivity index (χ4n) is 7.38. The average molecular weight is 628 g/mol. The first-order chi connectivity index (χ1) is 24.0.